The van der Waals surface area contributed by atoms with Crippen molar-refractivity contribution < 1.29 is 4.79 Å². The second-order valence-electron chi connectivity index (χ2n) is 4.75. The van der Waals surface area contributed by atoms with Gasteiger partial charge in [-0.1, -0.05) is 6.92 Å². The fraction of sp³-hybridized carbons (Fsp3) is 0.615. The average Bonchev–Trinajstić information content (AvgIpc) is 2.91. The molecule has 4 nitrogen and oxygen atoms in total. The molecular formula is C13H21N3OS. The molecule has 0 unspecified atom stereocenters. The van der Waals surface area contributed by atoms with Gasteiger partial charge in [0.15, 0.2) is 0 Å². The second kappa shape index (κ2) is 6.31. The number of hydrogen-bond donors (Lipinski definition) is 1. The Balaban J connectivity index is 1.79. The Kier molecular flexibility index (Phi) is 4.74. The molecule has 1 aliphatic rings. The SMILES string of the molecule is CC[C@H](N)C(=O)N1CCN(Cc2ccsc2)CC1. The molecule has 1 atom stereocenters. The van der Waals surface area contributed by atoms with Crippen molar-refractivity contribution in [3.63, 3.8) is 0 Å². The number of amides is 1. The maximum Gasteiger partial charge on any atom is 0.239 e. The van der Waals surface area contributed by atoms with Crippen molar-refractivity contribution in [3.05, 3.63) is 22.4 Å². The summed E-state index contributed by atoms with van der Waals surface area (Å²) in [7, 11) is 0. The number of nitrogens with zero attached hydrogens (tertiary/aromatic N) is 2. The van der Waals surface area contributed by atoms with Gasteiger partial charge in [0.2, 0.25) is 5.91 Å². The van der Waals surface area contributed by atoms with Gasteiger partial charge < -0.3 is 10.6 Å². The summed E-state index contributed by atoms with van der Waals surface area (Å²) in [4.78, 5) is 16.2. The van der Waals surface area contributed by atoms with Gasteiger partial charge in [-0.3, -0.25) is 9.69 Å². The van der Waals surface area contributed by atoms with Gasteiger partial charge in [-0.25, -0.2) is 0 Å². The zero-order chi connectivity index (χ0) is 13.0. The maximum absolute atomic E-state index is 11.9. The van der Waals surface area contributed by atoms with Crippen molar-refractivity contribution in [3.8, 4) is 0 Å². The Bertz CT molecular complexity index is 372. The van der Waals surface area contributed by atoms with Crippen molar-refractivity contribution in [2.24, 2.45) is 5.73 Å². The first-order chi connectivity index (χ1) is 8.70. The molecule has 18 heavy (non-hydrogen) atoms. The van der Waals surface area contributed by atoms with E-state index in [0.717, 1.165) is 32.7 Å². The van der Waals surface area contributed by atoms with Crippen LogP contribution in [0.1, 0.15) is 18.9 Å². The molecule has 0 spiro atoms. The molecule has 2 rings (SSSR count). The summed E-state index contributed by atoms with van der Waals surface area (Å²) in [6.45, 7) is 6.43. The zero-order valence-electron chi connectivity index (χ0n) is 10.8. The largest absolute Gasteiger partial charge is 0.339 e. The van der Waals surface area contributed by atoms with Crippen molar-refractivity contribution in [2.45, 2.75) is 25.9 Å². The van der Waals surface area contributed by atoms with Crippen LogP contribution in [0.2, 0.25) is 0 Å². The fourth-order valence-corrected chi connectivity index (χ4v) is 2.84. The van der Waals surface area contributed by atoms with E-state index in [0.29, 0.717) is 6.42 Å². The molecule has 2 N–H and O–H groups in total. The van der Waals surface area contributed by atoms with E-state index in [4.69, 9.17) is 5.73 Å². The lowest BCUT2D eigenvalue weighted by Crippen LogP contribution is -2.52. The third kappa shape index (κ3) is 3.31. The molecule has 0 radical (unpaired) electrons. The van der Waals surface area contributed by atoms with E-state index in [2.05, 4.69) is 21.7 Å². The summed E-state index contributed by atoms with van der Waals surface area (Å²) >= 11 is 1.73. The molecule has 1 aliphatic heterocycles. The van der Waals surface area contributed by atoms with Crippen LogP contribution in [-0.2, 0) is 11.3 Å². The topological polar surface area (TPSA) is 49.6 Å². The smallest absolute Gasteiger partial charge is 0.239 e. The number of hydrogen-bond acceptors (Lipinski definition) is 4. The first-order valence-corrected chi connectivity index (χ1v) is 7.42. The molecule has 5 heteroatoms. The normalized spacial score (nSPS) is 18.9. The van der Waals surface area contributed by atoms with Crippen LogP contribution in [-0.4, -0.2) is 47.9 Å². The van der Waals surface area contributed by atoms with E-state index in [1.807, 2.05) is 11.8 Å². The van der Waals surface area contributed by atoms with Crippen molar-refractivity contribution in [1.82, 2.24) is 9.80 Å². The molecule has 2 heterocycles. The van der Waals surface area contributed by atoms with Crippen LogP contribution in [0.5, 0.6) is 0 Å². The molecule has 1 fully saturated rings. The van der Waals surface area contributed by atoms with Crippen LogP contribution < -0.4 is 5.73 Å². The lowest BCUT2D eigenvalue weighted by molar-refractivity contribution is -0.134. The predicted octanol–water partition coefficient (Wildman–Crippen LogP) is 1.13. The summed E-state index contributed by atoms with van der Waals surface area (Å²) in [6, 6.07) is 1.84. The number of thiophene rings is 1. The van der Waals surface area contributed by atoms with Gasteiger partial charge in [-0.15, -0.1) is 0 Å². The lowest BCUT2D eigenvalue weighted by atomic mass is 10.2. The van der Waals surface area contributed by atoms with Gasteiger partial charge >= 0.3 is 0 Å². The molecular weight excluding hydrogens is 246 g/mol. The molecule has 1 amide bonds. The molecule has 1 saturated heterocycles. The van der Waals surface area contributed by atoms with E-state index in [-0.39, 0.29) is 11.9 Å². The summed E-state index contributed by atoms with van der Waals surface area (Å²) in [6.07, 6.45) is 0.716. The van der Waals surface area contributed by atoms with Gasteiger partial charge in [-0.05, 0) is 28.8 Å². The number of piperazine rings is 1. The number of rotatable bonds is 4. The molecule has 0 aliphatic carbocycles. The maximum atomic E-state index is 11.9. The van der Waals surface area contributed by atoms with Gasteiger partial charge in [0, 0.05) is 32.7 Å². The number of nitrogens with two attached hydrogens (primary N) is 1. The van der Waals surface area contributed by atoms with Crippen molar-refractivity contribution in [1.29, 1.82) is 0 Å². The highest BCUT2D eigenvalue weighted by Gasteiger charge is 2.24. The molecule has 0 bridgehead atoms. The molecule has 0 saturated carbocycles. The quantitative estimate of drug-likeness (QED) is 0.889. The van der Waals surface area contributed by atoms with Crippen LogP contribution in [0, 0.1) is 0 Å². The Morgan fingerprint density at radius 1 is 1.44 bits per heavy atom. The van der Waals surface area contributed by atoms with Gasteiger partial charge in [0.25, 0.3) is 0 Å². The summed E-state index contributed by atoms with van der Waals surface area (Å²) < 4.78 is 0. The van der Waals surface area contributed by atoms with Crippen molar-refractivity contribution >= 4 is 17.2 Å². The van der Waals surface area contributed by atoms with E-state index >= 15 is 0 Å². The number of carbonyl (C=O) groups excluding carboxylic acids is 1. The van der Waals surface area contributed by atoms with Gasteiger partial charge in [0.1, 0.15) is 0 Å². The van der Waals surface area contributed by atoms with E-state index < -0.39 is 0 Å². The Labute approximate surface area is 112 Å². The Morgan fingerprint density at radius 2 is 2.17 bits per heavy atom. The third-order valence-corrected chi connectivity index (χ3v) is 4.16. The fourth-order valence-electron chi connectivity index (χ4n) is 2.18. The highest BCUT2D eigenvalue weighted by molar-refractivity contribution is 7.07. The minimum absolute atomic E-state index is 0.104. The molecule has 0 aromatic carbocycles. The first kappa shape index (κ1) is 13.5. The van der Waals surface area contributed by atoms with Crippen LogP contribution >= 0.6 is 11.3 Å². The minimum Gasteiger partial charge on any atom is -0.339 e. The molecule has 100 valence electrons. The van der Waals surface area contributed by atoms with Crippen LogP contribution in [0.15, 0.2) is 16.8 Å². The highest BCUT2D eigenvalue weighted by atomic mass is 32.1. The Morgan fingerprint density at radius 3 is 2.72 bits per heavy atom. The molecule has 1 aromatic heterocycles. The monoisotopic (exact) mass is 267 g/mol. The van der Waals surface area contributed by atoms with Gasteiger partial charge in [0.05, 0.1) is 6.04 Å². The summed E-state index contributed by atoms with van der Waals surface area (Å²) in [5.41, 5.74) is 7.15. The van der Waals surface area contributed by atoms with Crippen LogP contribution in [0.3, 0.4) is 0 Å². The Hall–Kier alpha value is -0.910. The molecule has 1 aromatic rings. The van der Waals surface area contributed by atoms with Crippen LogP contribution in [0.4, 0.5) is 0 Å². The third-order valence-electron chi connectivity index (χ3n) is 3.43. The van der Waals surface area contributed by atoms with Crippen molar-refractivity contribution in [2.75, 3.05) is 26.2 Å². The van der Waals surface area contributed by atoms with E-state index in [1.54, 1.807) is 11.3 Å². The number of carbonyl (C=O) groups is 1. The van der Waals surface area contributed by atoms with Crippen LogP contribution in [0.25, 0.3) is 0 Å². The second-order valence-corrected chi connectivity index (χ2v) is 5.53. The van der Waals surface area contributed by atoms with E-state index in [9.17, 15) is 4.79 Å². The average molecular weight is 267 g/mol. The lowest BCUT2D eigenvalue weighted by Gasteiger charge is -2.35. The predicted molar refractivity (Wildman–Crippen MR) is 74.4 cm³/mol. The summed E-state index contributed by atoms with van der Waals surface area (Å²) in [5.74, 6) is 0.104. The van der Waals surface area contributed by atoms with Gasteiger partial charge in [-0.2, -0.15) is 11.3 Å². The first-order valence-electron chi connectivity index (χ1n) is 6.48. The minimum atomic E-state index is -0.326. The standard InChI is InChI=1S/C13H21N3OS/c1-2-12(14)13(17)16-6-4-15(5-7-16)9-11-3-8-18-10-11/h3,8,10,12H,2,4-7,9,14H2,1H3/t12-/m0/s1. The highest BCUT2D eigenvalue weighted by Crippen LogP contribution is 2.12. The zero-order valence-corrected chi connectivity index (χ0v) is 11.7. The van der Waals surface area contributed by atoms with E-state index in [1.165, 1.54) is 5.56 Å². The summed E-state index contributed by atoms with van der Waals surface area (Å²) in [5, 5.41) is 4.29.